The molecule has 0 amide bonds. The largest absolute Gasteiger partial charge is 0.333 e. The first kappa shape index (κ1) is 31.6. The number of fused-ring (bicyclic) bond motifs is 3. The molecule has 0 bridgehead atoms. The highest BCUT2D eigenvalue weighted by molar-refractivity contribution is 7.92. The van der Waals surface area contributed by atoms with Crippen molar-refractivity contribution in [3.63, 3.8) is 0 Å². The Morgan fingerprint density at radius 2 is 1.58 bits per heavy atom. The summed E-state index contributed by atoms with van der Waals surface area (Å²) in [6.07, 6.45) is 5.23. The highest BCUT2D eigenvalue weighted by Gasteiger charge is 2.19. The zero-order valence-corrected chi connectivity index (χ0v) is 26.6. The molecule has 3 aromatic carbocycles. The lowest BCUT2D eigenvalue weighted by molar-refractivity contribution is 0.483. The van der Waals surface area contributed by atoms with Gasteiger partial charge in [-0.3, -0.25) is 28.0 Å². The molecule has 0 aliphatic heterocycles. The lowest BCUT2D eigenvalue weighted by Gasteiger charge is -2.18. The van der Waals surface area contributed by atoms with Gasteiger partial charge in [-0.15, -0.1) is 0 Å². The molecule has 0 fully saturated rings. The SMILES string of the molecule is CCS(=O)(=O)N(C)c1ccc(-n2c(=O)n(C)c3cnc4ccc(-c5cccnc5)cc4c32)cc1.Cc1ccc(S(=O)(=O)O)cc1. The Balaban J connectivity index is 0.000000309. The number of rotatable bonds is 6. The molecular formula is C32H31N5O6S2. The number of anilines is 1. The van der Waals surface area contributed by atoms with Crippen molar-refractivity contribution >= 4 is 47.8 Å². The molecule has 6 aromatic rings. The van der Waals surface area contributed by atoms with Crippen LogP contribution >= 0.6 is 0 Å². The van der Waals surface area contributed by atoms with Crippen molar-refractivity contribution < 1.29 is 21.4 Å². The van der Waals surface area contributed by atoms with E-state index in [-0.39, 0.29) is 16.3 Å². The molecule has 0 spiro atoms. The van der Waals surface area contributed by atoms with Gasteiger partial charge in [-0.25, -0.2) is 13.2 Å². The maximum absolute atomic E-state index is 13.3. The van der Waals surface area contributed by atoms with Crippen LogP contribution in [0, 0.1) is 6.92 Å². The Labute approximate surface area is 260 Å². The summed E-state index contributed by atoms with van der Waals surface area (Å²) in [5, 5.41) is 0.839. The number of aromatic nitrogens is 4. The summed E-state index contributed by atoms with van der Waals surface area (Å²) in [6, 6.07) is 22.7. The third-order valence-electron chi connectivity index (χ3n) is 7.45. The Morgan fingerprint density at radius 1 is 0.889 bits per heavy atom. The van der Waals surface area contributed by atoms with Gasteiger partial charge in [-0.05, 0) is 74.0 Å². The second kappa shape index (κ2) is 12.3. The minimum absolute atomic E-state index is 0.00624. The monoisotopic (exact) mass is 645 g/mol. The second-order valence-electron chi connectivity index (χ2n) is 10.3. The Hall–Kier alpha value is -4.85. The van der Waals surface area contributed by atoms with Gasteiger partial charge in [0.1, 0.15) is 0 Å². The van der Waals surface area contributed by atoms with Crippen LogP contribution < -0.4 is 9.99 Å². The summed E-state index contributed by atoms with van der Waals surface area (Å²) in [5.74, 6) is 0.00624. The maximum Gasteiger partial charge on any atom is 0.333 e. The van der Waals surface area contributed by atoms with Crippen LogP contribution in [0.1, 0.15) is 12.5 Å². The average molecular weight is 646 g/mol. The number of hydrogen-bond acceptors (Lipinski definition) is 7. The summed E-state index contributed by atoms with van der Waals surface area (Å²) in [7, 11) is -4.16. The summed E-state index contributed by atoms with van der Waals surface area (Å²) in [4.78, 5) is 22.0. The summed E-state index contributed by atoms with van der Waals surface area (Å²) < 4.78 is 58.5. The molecule has 0 unspecified atom stereocenters. The zero-order chi connectivity index (χ0) is 32.5. The van der Waals surface area contributed by atoms with Gasteiger partial charge in [0.15, 0.2) is 0 Å². The van der Waals surface area contributed by atoms with Gasteiger partial charge in [0.25, 0.3) is 10.1 Å². The number of sulfonamides is 1. The Morgan fingerprint density at radius 3 is 2.18 bits per heavy atom. The van der Waals surface area contributed by atoms with Gasteiger partial charge in [-0.1, -0.05) is 29.8 Å². The van der Waals surface area contributed by atoms with Crippen molar-refractivity contribution in [2.75, 3.05) is 17.1 Å². The molecular weight excluding hydrogens is 615 g/mol. The Kier molecular flexibility index (Phi) is 8.61. The first-order chi connectivity index (χ1) is 21.3. The normalized spacial score (nSPS) is 11.8. The quantitative estimate of drug-likeness (QED) is 0.250. The van der Waals surface area contributed by atoms with E-state index in [1.165, 1.54) is 23.5 Å². The van der Waals surface area contributed by atoms with Crippen LogP contribution in [0.4, 0.5) is 5.69 Å². The molecule has 0 atom stereocenters. The maximum atomic E-state index is 13.3. The van der Waals surface area contributed by atoms with Crippen molar-refractivity contribution in [1.82, 2.24) is 19.1 Å². The van der Waals surface area contributed by atoms with E-state index in [1.54, 1.807) is 78.1 Å². The number of imidazole rings is 1. The predicted molar refractivity (Wildman–Crippen MR) is 176 cm³/mol. The van der Waals surface area contributed by atoms with E-state index in [2.05, 4.69) is 9.97 Å². The fourth-order valence-electron chi connectivity index (χ4n) is 4.83. The minimum Gasteiger partial charge on any atom is -0.293 e. The number of pyridine rings is 2. The molecule has 13 heteroatoms. The van der Waals surface area contributed by atoms with Gasteiger partial charge in [0.2, 0.25) is 10.0 Å². The van der Waals surface area contributed by atoms with Crippen LogP contribution in [0.2, 0.25) is 0 Å². The molecule has 6 rings (SSSR count). The van der Waals surface area contributed by atoms with Gasteiger partial charge in [-0.2, -0.15) is 8.42 Å². The molecule has 0 saturated heterocycles. The highest BCUT2D eigenvalue weighted by atomic mass is 32.2. The molecule has 3 aromatic heterocycles. The molecule has 0 radical (unpaired) electrons. The van der Waals surface area contributed by atoms with E-state index in [0.29, 0.717) is 16.9 Å². The van der Waals surface area contributed by atoms with E-state index in [9.17, 15) is 21.6 Å². The molecule has 45 heavy (non-hydrogen) atoms. The fraction of sp³-hybridized carbons (Fsp3) is 0.156. The number of aryl methyl sites for hydroxylation is 2. The van der Waals surface area contributed by atoms with Crippen molar-refractivity contribution in [2.45, 2.75) is 18.7 Å². The third kappa shape index (κ3) is 6.36. The zero-order valence-electron chi connectivity index (χ0n) is 25.0. The van der Waals surface area contributed by atoms with Gasteiger partial charge in [0, 0.05) is 37.4 Å². The van der Waals surface area contributed by atoms with E-state index in [4.69, 9.17) is 4.55 Å². The number of nitrogens with zero attached hydrogens (tertiary/aromatic N) is 5. The fourth-order valence-corrected chi connectivity index (χ4v) is 6.14. The van der Waals surface area contributed by atoms with Crippen LogP contribution in [-0.4, -0.2) is 53.3 Å². The first-order valence-electron chi connectivity index (χ1n) is 13.8. The third-order valence-corrected chi connectivity index (χ3v) is 10.1. The van der Waals surface area contributed by atoms with Gasteiger partial charge >= 0.3 is 5.69 Å². The van der Waals surface area contributed by atoms with E-state index in [0.717, 1.165) is 33.1 Å². The smallest absolute Gasteiger partial charge is 0.293 e. The van der Waals surface area contributed by atoms with Crippen LogP contribution in [-0.2, 0) is 27.2 Å². The first-order valence-corrected chi connectivity index (χ1v) is 16.9. The van der Waals surface area contributed by atoms with Crippen LogP contribution in [0.15, 0.2) is 107 Å². The molecule has 0 saturated carbocycles. The van der Waals surface area contributed by atoms with E-state index < -0.39 is 20.1 Å². The minimum atomic E-state index is -4.02. The summed E-state index contributed by atoms with van der Waals surface area (Å²) >= 11 is 0. The molecule has 3 heterocycles. The lowest BCUT2D eigenvalue weighted by Crippen LogP contribution is -2.28. The molecule has 11 nitrogen and oxygen atoms in total. The van der Waals surface area contributed by atoms with E-state index >= 15 is 0 Å². The number of benzene rings is 3. The second-order valence-corrected chi connectivity index (χ2v) is 14.0. The average Bonchev–Trinajstić information content (AvgIpc) is 3.30. The van der Waals surface area contributed by atoms with Crippen molar-refractivity contribution in [2.24, 2.45) is 7.05 Å². The highest BCUT2D eigenvalue weighted by Crippen LogP contribution is 2.30. The molecule has 1 N–H and O–H groups in total. The lowest BCUT2D eigenvalue weighted by atomic mass is 10.0. The van der Waals surface area contributed by atoms with Crippen LogP contribution in [0.3, 0.4) is 0 Å². The van der Waals surface area contributed by atoms with Gasteiger partial charge < -0.3 is 0 Å². The van der Waals surface area contributed by atoms with Crippen molar-refractivity contribution in [1.29, 1.82) is 0 Å². The predicted octanol–water partition coefficient (Wildman–Crippen LogP) is 4.97. The molecule has 232 valence electrons. The molecule has 0 aliphatic rings. The Bertz CT molecular complexity index is 2280. The van der Waals surface area contributed by atoms with Gasteiger partial charge in [0.05, 0.1) is 44.8 Å². The summed E-state index contributed by atoms with van der Waals surface area (Å²) in [6.45, 7) is 3.45. The van der Waals surface area contributed by atoms with Crippen molar-refractivity contribution in [3.05, 3.63) is 114 Å². The van der Waals surface area contributed by atoms with Crippen LogP contribution in [0.25, 0.3) is 38.8 Å². The topological polar surface area (TPSA) is 144 Å². The van der Waals surface area contributed by atoms with Crippen LogP contribution in [0.5, 0.6) is 0 Å². The standard InChI is InChI=1S/C25H23N5O3S.C7H8O3S/c1-4-34(32,33)29(3)19-8-10-20(11-9-19)30-24-21-14-17(18-6-5-13-26-15-18)7-12-22(21)27-16-23(24)28(2)25(30)31;1-6-2-4-7(5-3-6)11(8,9)10/h5-16H,4H2,1-3H3;2-5H,1H3,(H,8,9,10). The van der Waals surface area contributed by atoms with Crippen molar-refractivity contribution in [3.8, 4) is 16.8 Å². The summed E-state index contributed by atoms with van der Waals surface area (Å²) in [5.41, 5.74) is 6.07. The van der Waals surface area contributed by atoms with E-state index in [1.807, 2.05) is 37.3 Å². The number of hydrogen-bond donors (Lipinski definition) is 1. The molecule has 0 aliphatic carbocycles.